The minimum absolute atomic E-state index is 0.319. The van der Waals surface area contributed by atoms with Gasteiger partial charge in [0.25, 0.3) is 0 Å². The van der Waals surface area contributed by atoms with E-state index in [2.05, 4.69) is 25.3 Å². The van der Waals surface area contributed by atoms with Crippen LogP contribution in [0.3, 0.4) is 0 Å². The van der Waals surface area contributed by atoms with E-state index < -0.39 is 11.4 Å². The van der Waals surface area contributed by atoms with E-state index >= 15 is 0 Å². The van der Waals surface area contributed by atoms with Crippen LogP contribution in [0.1, 0.15) is 26.3 Å². The van der Waals surface area contributed by atoms with Crippen LogP contribution in [0.5, 0.6) is 0 Å². The molecule has 15 heavy (non-hydrogen) atoms. The molecule has 0 N–H and O–H groups in total. The van der Waals surface area contributed by atoms with E-state index in [1.165, 1.54) is 0 Å². The van der Waals surface area contributed by atoms with Gasteiger partial charge in [0, 0.05) is 11.8 Å². The van der Waals surface area contributed by atoms with Gasteiger partial charge in [-0.3, -0.25) is 0 Å². The van der Waals surface area contributed by atoms with Crippen LogP contribution in [0.4, 0.5) is 0 Å². The third kappa shape index (κ3) is 4.32. The molecule has 1 aromatic rings. The molecule has 1 aromatic heterocycles. The zero-order valence-electron chi connectivity index (χ0n) is 8.90. The highest BCUT2D eigenvalue weighted by Crippen LogP contribution is 2.17. The van der Waals surface area contributed by atoms with Crippen molar-refractivity contribution in [3.8, 4) is 0 Å². The largest absolute Gasteiger partial charge is 0.591 e. The highest BCUT2D eigenvalue weighted by Gasteiger charge is 2.25. The Kier molecular flexibility index (Phi) is 4.31. The van der Waals surface area contributed by atoms with Crippen LogP contribution in [0.15, 0.2) is 27.3 Å². The summed E-state index contributed by atoms with van der Waals surface area (Å²) in [5.41, 5.74) is 0.884. The summed E-state index contributed by atoms with van der Waals surface area (Å²) >= 11 is 2.05. The average molecular weight is 289 g/mol. The molecule has 0 aliphatic rings. The van der Waals surface area contributed by atoms with Crippen molar-refractivity contribution in [1.29, 1.82) is 0 Å². The third-order valence-electron chi connectivity index (χ3n) is 1.57. The van der Waals surface area contributed by atoms with Crippen molar-refractivity contribution in [2.24, 2.45) is 4.40 Å². The minimum atomic E-state index is -1.21. The van der Waals surface area contributed by atoms with Crippen molar-refractivity contribution >= 4 is 33.5 Å². The lowest BCUT2D eigenvalue weighted by atomic mass is 10.3. The molecule has 0 radical (unpaired) electrons. The van der Waals surface area contributed by atoms with Crippen LogP contribution in [0.25, 0.3) is 0 Å². The van der Waals surface area contributed by atoms with Crippen molar-refractivity contribution in [2.45, 2.75) is 25.5 Å². The maximum absolute atomic E-state index is 11.6. The van der Waals surface area contributed by atoms with Crippen LogP contribution >= 0.6 is 15.9 Å². The molecule has 1 rings (SSSR count). The van der Waals surface area contributed by atoms with Crippen molar-refractivity contribution in [2.75, 3.05) is 0 Å². The number of hydrogen-bond donors (Lipinski definition) is 0. The number of halogens is 1. The first kappa shape index (κ1) is 12.7. The maximum Gasteiger partial charge on any atom is 0.144 e. The van der Waals surface area contributed by atoms with E-state index in [1.807, 2.05) is 32.9 Å². The van der Waals surface area contributed by atoms with Gasteiger partial charge in [0.05, 0.1) is 6.21 Å². The molecule has 3 nitrogen and oxygen atoms in total. The lowest BCUT2D eigenvalue weighted by Gasteiger charge is -2.17. The molecule has 82 valence electrons. The van der Waals surface area contributed by atoms with Gasteiger partial charge in [-0.1, -0.05) is 4.40 Å². The van der Waals surface area contributed by atoms with Crippen molar-refractivity contribution < 1.29 is 4.55 Å². The molecule has 1 atom stereocenters. The number of nitrogens with zero attached hydrogens (tertiary/aromatic N) is 2. The first-order valence-electron chi connectivity index (χ1n) is 4.47. The smallest absolute Gasteiger partial charge is 0.144 e. The molecule has 0 spiro atoms. The predicted molar refractivity (Wildman–Crippen MR) is 67.4 cm³/mol. The monoisotopic (exact) mass is 288 g/mol. The molecule has 0 aromatic carbocycles. The van der Waals surface area contributed by atoms with Crippen molar-refractivity contribution in [3.05, 3.63) is 28.5 Å². The summed E-state index contributed by atoms with van der Waals surface area (Å²) in [4.78, 5) is 3.99. The summed E-state index contributed by atoms with van der Waals surface area (Å²) in [6, 6.07) is 3.64. The second-order valence-electron chi connectivity index (χ2n) is 4.01. The molecule has 0 saturated heterocycles. The Hall–Kier alpha value is -0.390. The molecule has 0 fully saturated rings. The fourth-order valence-corrected chi connectivity index (χ4v) is 1.68. The molecule has 0 aliphatic carbocycles. The van der Waals surface area contributed by atoms with E-state index in [4.69, 9.17) is 0 Å². The standard InChI is InChI=1S/C10H13BrN2OS/c1-10(2,3)15(14)13-7-8-4-5-12-9(11)6-8/h4-7H,1-3H3/t15-/m1/s1. The number of rotatable bonds is 2. The van der Waals surface area contributed by atoms with Gasteiger partial charge < -0.3 is 4.55 Å². The van der Waals surface area contributed by atoms with Gasteiger partial charge in [-0.05, 0) is 48.8 Å². The zero-order valence-corrected chi connectivity index (χ0v) is 11.3. The van der Waals surface area contributed by atoms with Crippen LogP contribution in [0, 0.1) is 0 Å². The molecule has 5 heteroatoms. The Bertz CT molecular complexity index is 363. The first-order valence-corrected chi connectivity index (χ1v) is 6.37. The summed E-state index contributed by atoms with van der Waals surface area (Å²) in [6.07, 6.45) is 3.28. The fourth-order valence-electron chi connectivity index (χ4n) is 0.765. The van der Waals surface area contributed by atoms with E-state index in [9.17, 15) is 4.55 Å². The normalized spacial score (nSPS) is 14.5. The lowest BCUT2D eigenvalue weighted by Crippen LogP contribution is -2.25. The summed E-state index contributed by atoms with van der Waals surface area (Å²) in [6.45, 7) is 5.68. The van der Waals surface area contributed by atoms with E-state index in [0.29, 0.717) is 0 Å². The summed E-state index contributed by atoms with van der Waals surface area (Å²) in [5, 5.41) is 0. The van der Waals surface area contributed by atoms with Gasteiger partial charge >= 0.3 is 0 Å². The Balaban J connectivity index is 2.74. The Labute approximate surface area is 101 Å². The van der Waals surface area contributed by atoms with Gasteiger partial charge in [-0.2, -0.15) is 0 Å². The molecular weight excluding hydrogens is 276 g/mol. The zero-order chi connectivity index (χ0) is 11.5. The van der Waals surface area contributed by atoms with E-state index in [-0.39, 0.29) is 4.75 Å². The van der Waals surface area contributed by atoms with Gasteiger partial charge in [0.15, 0.2) is 0 Å². The Morgan fingerprint density at radius 1 is 1.53 bits per heavy atom. The molecular formula is C10H13BrN2OS. The van der Waals surface area contributed by atoms with Crippen LogP contribution in [-0.4, -0.2) is 20.5 Å². The fraction of sp³-hybridized carbons (Fsp3) is 0.400. The molecule has 0 unspecified atom stereocenters. The highest BCUT2D eigenvalue weighted by atomic mass is 79.9. The van der Waals surface area contributed by atoms with Gasteiger partial charge in [-0.15, -0.1) is 0 Å². The van der Waals surface area contributed by atoms with Gasteiger partial charge in [0.1, 0.15) is 20.7 Å². The molecule has 0 bridgehead atoms. The minimum Gasteiger partial charge on any atom is -0.591 e. The second kappa shape index (κ2) is 5.09. The maximum atomic E-state index is 11.6. The molecule has 0 amide bonds. The number of aromatic nitrogens is 1. The highest BCUT2D eigenvalue weighted by molar-refractivity contribution is 9.10. The first-order chi connectivity index (χ1) is 6.89. The topological polar surface area (TPSA) is 48.3 Å². The lowest BCUT2D eigenvalue weighted by molar-refractivity contribution is 0.562. The molecule has 0 saturated carbocycles. The Morgan fingerprint density at radius 3 is 2.73 bits per heavy atom. The molecule has 0 aliphatic heterocycles. The summed E-state index contributed by atoms with van der Waals surface area (Å²) in [5.74, 6) is 0. The third-order valence-corrected chi connectivity index (χ3v) is 3.35. The second-order valence-corrected chi connectivity index (χ2v) is 6.75. The average Bonchev–Trinajstić information content (AvgIpc) is 2.12. The van der Waals surface area contributed by atoms with Crippen LogP contribution in [0.2, 0.25) is 0 Å². The van der Waals surface area contributed by atoms with E-state index in [0.717, 1.165) is 10.2 Å². The van der Waals surface area contributed by atoms with Crippen molar-refractivity contribution in [1.82, 2.24) is 4.98 Å². The van der Waals surface area contributed by atoms with Crippen LogP contribution in [-0.2, 0) is 11.4 Å². The summed E-state index contributed by atoms with van der Waals surface area (Å²) < 4.78 is 16.0. The summed E-state index contributed by atoms with van der Waals surface area (Å²) in [7, 11) is 0. The predicted octanol–water partition coefficient (Wildman–Crippen LogP) is 2.73. The molecule has 1 heterocycles. The Morgan fingerprint density at radius 2 is 2.20 bits per heavy atom. The number of hydrogen-bond acceptors (Lipinski definition) is 3. The number of pyridine rings is 1. The SMILES string of the molecule is CC(C)(C)[S@@+]([O-])N=Cc1ccnc(Br)c1. The van der Waals surface area contributed by atoms with Gasteiger partial charge in [0.2, 0.25) is 0 Å². The van der Waals surface area contributed by atoms with Crippen LogP contribution < -0.4 is 0 Å². The quantitative estimate of drug-likeness (QED) is 0.477. The van der Waals surface area contributed by atoms with Crippen molar-refractivity contribution in [3.63, 3.8) is 0 Å². The van der Waals surface area contributed by atoms with E-state index in [1.54, 1.807) is 12.4 Å². The van der Waals surface area contributed by atoms with Gasteiger partial charge in [-0.25, -0.2) is 4.98 Å².